The van der Waals surface area contributed by atoms with Crippen LogP contribution >= 0.6 is 15.9 Å². The van der Waals surface area contributed by atoms with Crippen LogP contribution in [-0.2, 0) is 0 Å². The first-order chi connectivity index (χ1) is 8.66. The van der Waals surface area contributed by atoms with Crippen LogP contribution in [-0.4, -0.2) is 17.7 Å². The summed E-state index contributed by atoms with van der Waals surface area (Å²) in [6.07, 6.45) is 4.54. The number of nitrogens with one attached hydrogen (secondary N) is 1. The van der Waals surface area contributed by atoms with Gasteiger partial charge in [-0.15, -0.1) is 0 Å². The molecule has 18 heavy (non-hydrogen) atoms. The molecule has 0 radical (unpaired) electrons. The summed E-state index contributed by atoms with van der Waals surface area (Å²) in [5.41, 5.74) is 0.393. The van der Waals surface area contributed by atoms with E-state index in [-0.39, 0.29) is 5.82 Å². The zero-order chi connectivity index (χ0) is 13.0. The molecule has 2 atom stereocenters. The van der Waals surface area contributed by atoms with Gasteiger partial charge in [0.25, 0.3) is 0 Å². The molecule has 1 saturated heterocycles. The summed E-state index contributed by atoms with van der Waals surface area (Å²) in [5, 5.41) is 13.6. The van der Waals surface area contributed by atoms with Gasteiger partial charge in [-0.05, 0) is 37.9 Å². The van der Waals surface area contributed by atoms with Crippen LogP contribution in [0.4, 0.5) is 4.39 Å². The minimum atomic E-state index is -0.728. The lowest BCUT2D eigenvalue weighted by molar-refractivity contribution is 0.146. The number of benzene rings is 1. The summed E-state index contributed by atoms with van der Waals surface area (Å²) in [6.45, 7) is 1.00. The molecule has 1 heterocycles. The van der Waals surface area contributed by atoms with Crippen molar-refractivity contribution >= 4 is 15.9 Å². The molecule has 0 aliphatic carbocycles. The highest BCUT2D eigenvalue weighted by atomic mass is 79.9. The highest BCUT2D eigenvalue weighted by Gasteiger charge is 2.19. The quantitative estimate of drug-likeness (QED) is 0.894. The Morgan fingerprint density at radius 1 is 1.39 bits per heavy atom. The second kappa shape index (κ2) is 6.64. The second-order valence-corrected chi connectivity index (χ2v) is 5.83. The summed E-state index contributed by atoms with van der Waals surface area (Å²) in [5.74, 6) is -0.342. The lowest BCUT2D eigenvalue weighted by atomic mass is 9.99. The fourth-order valence-electron chi connectivity index (χ4n) is 2.47. The maximum absolute atomic E-state index is 13.7. The fraction of sp³-hybridized carbons (Fsp3) is 0.571. The van der Waals surface area contributed by atoms with E-state index < -0.39 is 6.10 Å². The number of aliphatic hydroxyl groups is 1. The van der Waals surface area contributed by atoms with Crippen molar-refractivity contribution in [3.8, 4) is 0 Å². The topological polar surface area (TPSA) is 32.3 Å². The van der Waals surface area contributed by atoms with Gasteiger partial charge in [0, 0.05) is 16.1 Å². The monoisotopic (exact) mass is 315 g/mol. The van der Waals surface area contributed by atoms with Crippen LogP contribution in [0.15, 0.2) is 22.7 Å². The number of halogens is 2. The Bertz CT molecular complexity index is 391. The predicted molar refractivity (Wildman–Crippen MR) is 73.9 cm³/mol. The molecule has 2 unspecified atom stereocenters. The molecule has 0 bridgehead atoms. The highest BCUT2D eigenvalue weighted by molar-refractivity contribution is 9.10. The molecule has 1 fully saturated rings. The Morgan fingerprint density at radius 2 is 2.22 bits per heavy atom. The Labute approximate surface area is 116 Å². The van der Waals surface area contributed by atoms with Crippen molar-refractivity contribution in [2.45, 2.75) is 44.2 Å². The van der Waals surface area contributed by atoms with Crippen molar-refractivity contribution in [3.63, 3.8) is 0 Å². The first kappa shape index (κ1) is 14.0. The van der Waals surface area contributed by atoms with Gasteiger partial charge < -0.3 is 10.4 Å². The van der Waals surface area contributed by atoms with Gasteiger partial charge >= 0.3 is 0 Å². The van der Waals surface area contributed by atoms with Crippen LogP contribution in [0.5, 0.6) is 0 Å². The summed E-state index contributed by atoms with van der Waals surface area (Å²) in [7, 11) is 0. The van der Waals surface area contributed by atoms with Crippen LogP contribution in [0.3, 0.4) is 0 Å². The van der Waals surface area contributed by atoms with Crippen LogP contribution in [0.2, 0.25) is 0 Å². The second-order valence-electron chi connectivity index (χ2n) is 4.92. The number of aliphatic hydroxyl groups excluding tert-OH is 1. The van der Waals surface area contributed by atoms with Gasteiger partial charge in [0.1, 0.15) is 5.82 Å². The summed E-state index contributed by atoms with van der Waals surface area (Å²) >= 11 is 3.22. The van der Waals surface area contributed by atoms with E-state index in [0.29, 0.717) is 22.5 Å². The minimum absolute atomic E-state index is 0.297. The summed E-state index contributed by atoms with van der Waals surface area (Å²) in [6, 6.07) is 5.12. The van der Waals surface area contributed by atoms with E-state index in [1.165, 1.54) is 25.3 Å². The van der Waals surface area contributed by atoms with Gasteiger partial charge in [-0.3, -0.25) is 0 Å². The average Bonchev–Trinajstić information content (AvgIpc) is 2.57. The SMILES string of the molecule is OC(CC1CCCCCN1)c1ccc(Br)cc1F. The molecule has 4 heteroatoms. The third kappa shape index (κ3) is 3.77. The standard InChI is InChI=1S/C14H19BrFNO/c15-10-5-6-12(13(16)8-10)14(18)9-11-4-2-1-3-7-17-11/h5-6,8,11,14,17-18H,1-4,7,9H2. The molecule has 1 aromatic carbocycles. The van der Waals surface area contributed by atoms with Crippen LogP contribution in [0.1, 0.15) is 43.8 Å². The van der Waals surface area contributed by atoms with Crippen molar-refractivity contribution in [3.05, 3.63) is 34.1 Å². The molecule has 1 aromatic rings. The third-order valence-electron chi connectivity index (χ3n) is 3.49. The van der Waals surface area contributed by atoms with Gasteiger partial charge in [-0.2, -0.15) is 0 Å². The van der Waals surface area contributed by atoms with Crippen molar-refractivity contribution in [2.75, 3.05) is 6.54 Å². The Kier molecular flexibility index (Phi) is 5.15. The summed E-state index contributed by atoms with van der Waals surface area (Å²) in [4.78, 5) is 0. The Balaban J connectivity index is 1.99. The molecular weight excluding hydrogens is 297 g/mol. The Hall–Kier alpha value is -0.450. The highest BCUT2D eigenvalue weighted by Crippen LogP contribution is 2.26. The predicted octanol–water partition coefficient (Wildman–Crippen LogP) is 3.54. The molecule has 1 aliphatic heterocycles. The van der Waals surface area contributed by atoms with E-state index in [0.717, 1.165) is 13.0 Å². The van der Waals surface area contributed by atoms with E-state index in [1.807, 2.05) is 0 Å². The first-order valence-electron chi connectivity index (χ1n) is 6.53. The fourth-order valence-corrected chi connectivity index (χ4v) is 2.80. The molecule has 2 nitrogen and oxygen atoms in total. The largest absolute Gasteiger partial charge is 0.388 e. The number of hydrogen-bond acceptors (Lipinski definition) is 2. The van der Waals surface area contributed by atoms with Gasteiger partial charge in [-0.25, -0.2) is 4.39 Å². The molecule has 0 amide bonds. The van der Waals surface area contributed by atoms with Crippen molar-refractivity contribution in [2.24, 2.45) is 0 Å². The van der Waals surface area contributed by atoms with E-state index in [9.17, 15) is 9.50 Å². The number of hydrogen-bond donors (Lipinski definition) is 2. The van der Waals surface area contributed by atoms with Crippen LogP contribution < -0.4 is 5.32 Å². The number of rotatable bonds is 3. The average molecular weight is 316 g/mol. The zero-order valence-electron chi connectivity index (χ0n) is 10.3. The lowest BCUT2D eigenvalue weighted by Gasteiger charge is -2.20. The lowest BCUT2D eigenvalue weighted by Crippen LogP contribution is -2.30. The minimum Gasteiger partial charge on any atom is -0.388 e. The van der Waals surface area contributed by atoms with Crippen LogP contribution in [0.25, 0.3) is 0 Å². The van der Waals surface area contributed by atoms with E-state index in [1.54, 1.807) is 12.1 Å². The molecule has 2 rings (SSSR count). The maximum atomic E-state index is 13.7. The molecule has 1 aliphatic rings. The molecular formula is C14H19BrFNO. The molecule has 100 valence electrons. The van der Waals surface area contributed by atoms with Crippen LogP contribution in [0, 0.1) is 5.82 Å². The molecule has 0 aromatic heterocycles. The van der Waals surface area contributed by atoms with Crippen molar-refractivity contribution in [1.82, 2.24) is 5.32 Å². The molecule has 2 N–H and O–H groups in total. The van der Waals surface area contributed by atoms with E-state index >= 15 is 0 Å². The smallest absolute Gasteiger partial charge is 0.130 e. The summed E-state index contributed by atoms with van der Waals surface area (Å²) < 4.78 is 14.4. The van der Waals surface area contributed by atoms with Crippen molar-refractivity contribution in [1.29, 1.82) is 0 Å². The van der Waals surface area contributed by atoms with Gasteiger partial charge in [0.05, 0.1) is 6.10 Å². The van der Waals surface area contributed by atoms with Crippen molar-refractivity contribution < 1.29 is 9.50 Å². The maximum Gasteiger partial charge on any atom is 0.130 e. The zero-order valence-corrected chi connectivity index (χ0v) is 11.9. The third-order valence-corrected chi connectivity index (χ3v) is 3.98. The normalized spacial score (nSPS) is 22.5. The Morgan fingerprint density at radius 3 is 3.00 bits per heavy atom. The van der Waals surface area contributed by atoms with E-state index in [2.05, 4.69) is 21.2 Å². The van der Waals surface area contributed by atoms with Gasteiger partial charge in [0.2, 0.25) is 0 Å². The van der Waals surface area contributed by atoms with Gasteiger partial charge in [0.15, 0.2) is 0 Å². The first-order valence-corrected chi connectivity index (χ1v) is 7.32. The van der Waals surface area contributed by atoms with E-state index in [4.69, 9.17) is 0 Å². The molecule has 0 saturated carbocycles. The molecule has 0 spiro atoms. The van der Waals surface area contributed by atoms with Gasteiger partial charge in [-0.1, -0.05) is 34.8 Å².